The Morgan fingerprint density at radius 3 is 2.75 bits per heavy atom. The third-order valence-electron chi connectivity index (χ3n) is 2.48. The standard InChI is InChI=1S/C10H17BrF3NO/c11-9-3-1-4-15(7-9)5-2-6-16-8-10(12,13)14/h9H,1-8H2. The van der Waals surface area contributed by atoms with E-state index in [1.54, 1.807) is 0 Å². The summed E-state index contributed by atoms with van der Waals surface area (Å²) in [6, 6.07) is 0. The van der Waals surface area contributed by atoms with Gasteiger partial charge in [-0.15, -0.1) is 0 Å². The number of nitrogens with zero attached hydrogens (tertiary/aromatic N) is 1. The van der Waals surface area contributed by atoms with Crippen LogP contribution in [0.1, 0.15) is 19.3 Å². The third-order valence-corrected chi connectivity index (χ3v) is 3.22. The van der Waals surface area contributed by atoms with E-state index in [9.17, 15) is 13.2 Å². The van der Waals surface area contributed by atoms with Crippen molar-refractivity contribution in [1.82, 2.24) is 4.90 Å². The fraction of sp³-hybridized carbons (Fsp3) is 1.00. The van der Waals surface area contributed by atoms with Crippen LogP contribution in [0.2, 0.25) is 0 Å². The van der Waals surface area contributed by atoms with Crippen molar-refractivity contribution in [3.8, 4) is 0 Å². The molecule has 0 aromatic carbocycles. The van der Waals surface area contributed by atoms with Crippen molar-refractivity contribution < 1.29 is 17.9 Å². The van der Waals surface area contributed by atoms with Crippen molar-refractivity contribution in [2.24, 2.45) is 0 Å². The lowest BCUT2D eigenvalue weighted by molar-refractivity contribution is -0.174. The molecule has 0 bridgehead atoms. The van der Waals surface area contributed by atoms with Gasteiger partial charge >= 0.3 is 6.18 Å². The normalized spacial score (nSPS) is 23.6. The zero-order chi connectivity index (χ0) is 12.0. The van der Waals surface area contributed by atoms with Crippen molar-refractivity contribution in [2.75, 3.05) is 32.8 Å². The highest BCUT2D eigenvalue weighted by Crippen LogP contribution is 2.17. The third kappa shape index (κ3) is 6.70. The summed E-state index contributed by atoms with van der Waals surface area (Å²) < 4.78 is 39.8. The molecule has 0 radical (unpaired) electrons. The van der Waals surface area contributed by atoms with Gasteiger partial charge in [0.25, 0.3) is 0 Å². The zero-order valence-corrected chi connectivity index (χ0v) is 10.7. The first-order valence-corrected chi connectivity index (χ1v) is 6.40. The van der Waals surface area contributed by atoms with Crippen LogP contribution in [0.3, 0.4) is 0 Å². The zero-order valence-electron chi connectivity index (χ0n) is 9.10. The molecule has 1 unspecified atom stereocenters. The van der Waals surface area contributed by atoms with Gasteiger partial charge in [0.05, 0.1) is 0 Å². The van der Waals surface area contributed by atoms with Crippen LogP contribution in [0.5, 0.6) is 0 Å². The second-order valence-electron chi connectivity index (χ2n) is 4.06. The summed E-state index contributed by atoms with van der Waals surface area (Å²) in [6.07, 6.45) is -1.21. The molecule has 0 aromatic rings. The Kier molecular flexibility index (Phi) is 6.07. The molecule has 0 amide bonds. The van der Waals surface area contributed by atoms with Gasteiger partial charge in [0.2, 0.25) is 0 Å². The molecule has 0 spiro atoms. The number of likely N-dealkylation sites (tertiary alicyclic amines) is 1. The van der Waals surface area contributed by atoms with E-state index < -0.39 is 12.8 Å². The topological polar surface area (TPSA) is 12.5 Å². The number of alkyl halides is 4. The van der Waals surface area contributed by atoms with Crippen LogP contribution in [0.25, 0.3) is 0 Å². The highest BCUT2D eigenvalue weighted by Gasteiger charge is 2.27. The molecule has 1 heterocycles. The first-order chi connectivity index (χ1) is 7.47. The second kappa shape index (κ2) is 6.81. The number of rotatable bonds is 5. The Morgan fingerprint density at radius 1 is 1.38 bits per heavy atom. The van der Waals surface area contributed by atoms with Crippen LogP contribution in [0.15, 0.2) is 0 Å². The van der Waals surface area contributed by atoms with Crippen molar-refractivity contribution >= 4 is 15.9 Å². The number of halogens is 4. The Balaban J connectivity index is 1.98. The fourth-order valence-corrected chi connectivity index (χ4v) is 2.51. The predicted octanol–water partition coefficient (Wildman–Crippen LogP) is 2.81. The van der Waals surface area contributed by atoms with Crippen LogP contribution in [0.4, 0.5) is 13.2 Å². The molecule has 0 aliphatic carbocycles. The molecule has 2 nitrogen and oxygen atoms in total. The molecule has 1 fully saturated rings. The molecule has 1 aliphatic rings. The van der Waals surface area contributed by atoms with Gasteiger partial charge in [-0.3, -0.25) is 0 Å². The molecule has 0 saturated carbocycles. The molecule has 1 saturated heterocycles. The monoisotopic (exact) mass is 303 g/mol. The van der Waals surface area contributed by atoms with Gasteiger partial charge in [0.1, 0.15) is 6.61 Å². The lowest BCUT2D eigenvalue weighted by Gasteiger charge is -2.29. The van der Waals surface area contributed by atoms with E-state index in [1.165, 1.54) is 6.42 Å². The van der Waals surface area contributed by atoms with E-state index >= 15 is 0 Å². The van der Waals surface area contributed by atoms with Gasteiger partial charge in [0, 0.05) is 24.5 Å². The van der Waals surface area contributed by atoms with Gasteiger partial charge in [0.15, 0.2) is 0 Å². The highest BCUT2D eigenvalue weighted by molar-refractivity contribution is 9.09. The minimum Gasteiger partial charge on any atom is -0.372 e. The molecule has 16 heavy (non-hydrogen) atoms. The number of hydrogen-bond donors (Lipinski definition) is 0. The minimum atomic E-state index is -4.20. The average Bonchev–Trinajstić information content (AvgIpc) is 2.15. The van der Waals surface area contributed by atoms with Crippen LogP contribution >= 0.6 is 15.9 Å². The van der Waals surface area contributed by atoms with E-state index in [0.29, 0.717) is 11.2 Å². The molecule has 6 heteroatoms. The summed E-state index contributed by atoms with van der Waals surface area (Å²) in [7, 11) is 0. The van der Waals surface area contributed by atoms with Gasteiger partial charge < -0.3 is 9.64 Å². The Labute approximate surface area is 102 Å². The fourth-order valence-electron chi connectivity index (χ4n) is 1.78. The van der Waals surface area contributed by atoms with Gasteiger partial charge in [-0.05, 0) is 25.8 Å². The summed E-state index contributed by atoms with van der Waals surface area (Å²) >= 11 is 3.56. The first-order valence-electron chi connectivity index (χ1n) is 5.48. The van der Waals surface area contributed by atoms with Crippen molar-refractivity contribution in [3.63, 3.8) is 0 Å². The SMILES string of the molecule is FC(F)(F)COCCCN1CCCC(Br)C1. The predicted molar refractivity (Wildman–Crippen MR) is 59.9 cm³/mol. The summed E-state index contributed by atoms with van der Waals surface area (Å²) in [5.41, 5.74) is 0. The van der Waals surface area contributed by atoms with Crippen LogP contribution in [-0.4, -0.2) is 48.8 Å². The quantitative estimate of drug-likeness (QED) is 0.572. The first kappa shape index (κ1) is 14.3. The Bertz CT molecular complexity index is 201. The molecule has 1 rings (SSSR count). The van der Waals surface area contributed by atoms with E-state index in [1.807, 2.05) is 0 Å². The molecule has 0 aromatic heterocycles. The summed E-state index contributed by atoms with van der Waals surface area (Å²) in [5.74, 6) is 0. The van der Waals surface area contributed by atoms with Crippen LogP contribution in [-0.2, 0) is 4.74 Å². The number of piperidine rings is 1. The highest BCUT2D eigenvalue weighted by atomic mass is 79.9. The lowest BCUT2D eigenvalue weighted by Crippen LogP contribution is -2.36. The maximum absolute atomic E-state index is 11.7. The molecule has 96 valence electrons. The molecule has 1 atom stereocenters. The van der Waals surface area contributed by atoms with Crippen molar-refractivity contribution in [2.45, 2.75) is 30.3 Å². The largest absolute Gasteiger partial charge is 0.411 e. The summed E-state index contributed by atoms with van der Waals surface area (Å²) in [6.45, 7) is 1.90. The maximum Gasteiger partial charge on any atom is 0.411 e. The second-order valence-corrected chi connectivity index (χ2v) is 5.36. The van der Waals surface area contributed by atoms with Gasteiger partial charge in [-0.1, -0.05) is 15.9 Å². The lowest BCUT2D eigenvalue weighted by atomic mass is 10.1. The minimum absolute atomic E-state index is 0.183. The van der Waals surface area contributed by atoms with Crippen LogP contribution < -0.4 is 0 Å². The maximum atomic E-state index is 11.7. The summed E-state index contributed by atoms with van der Waals surface area (Å²) in [4.78, 5) is 2.79. The van der Waals surface area contributed by atoms with E-state index in [4.69, 9.17) is 0 Å². The van der Waals surface area contributed by atoms with E-state index in [2.05, 4.69) is 25.6 Å². The Hall–Kier alpha value is 0.190. The number of hydrogen-bond acceptors (Lipinski definition) is 2. The molecular formula is C10H17BrF3NO. The smallest absolute Gasteiger partial charge is 0.372 e. The number of ether oxygens (including phenoxy) is 1. The van der Waals surface area contributed by atoms with Gasteiger partial charge in [-0.2, -0.15) is 13.2 Å². The molecule has 0 N–H and O–H groups in total. The van der Waals surface area contributed by atoms with Crippen molar-refractivity contribution in [1.29, 1.82) is 0 Å². The van der Waals surface area contributed by atoms with E-state index in [-0.39, 0.29) is 6.61 Å². The molecule has 1 aliphatic heterocycles. The average molecular weight is 304 g/mol. The van der Waals surface area contributed by atoms with Crippen molar-refractivity contribution in [3.05, 3.63) is 0 Å². The molecular weight excluding hydrogens is 287 g/mol. The Morgan fingerprint density at radius 2 is 2.12 bits per heavy atom. The summed E-state index contributed by atoms with van der Waals surface area (Å²) in [5, 5.41) is 0. The van der Waals surface area contributed by atoms with Gasteiger partial charge in [-0.25, -0.2) is 0 Å². The van der Waals surface area contributed by atoms with E-state index in [0.717, 1.165) is 26.1 Å². The van der Waals surface area contributed by atoms with Crippen LogP contribution in [0, 0.1) is 0 Å².